The lowest BCUT2D eigenvalue weighted by Crippen LogP contribution is -2.47. The van der Waals surface area contributed by atoms with Gasteiger partial charge in [0.05, 0.1) is 11.5 Å². The molecule has 1 atom stereocenters. The van der Waals surface area contributed by atoms with E-state index in [0.717, 1.165) is 24.9 Å². The molecule has 1 aliphatic rings. The number of thiophene rings is 1. The second-order valence-corrected chi connectivity index (χ2v) is 7.46. The normalized spacial score (nSPS) is 18.1. The first kappa shape index (κ1) is 15.3. The van der Waals surface area contributed by atoms with Gasteiger partial charge in [0.2, 0.25) is 5.91 Å². The number of carbonyl (C=O) groups excluding carboxylic acids is 1. The van der Waals surface area contributed by atoms with Crippen molar-refractivity contribution in [1.29, 1.82) is 0 Å². The number of fused-ring (bicyclic) bond motifs is 1. The lowest BCUT2D eigenvalue weighted by molar-refractivity contribution is -0.139. The minimum atomic E-state index is -0.484. The molecule has 1 amide bonds. The molecule has 0 bridgehead atoms. The molecule has 0 fully saturated rings. The average molecular weight is 313 g/mol. The lowest BCUT2D eigenvalue weighted by atomic mass is 9.82. The molecule has 0 radical (unpaired) electrons. The second-order valence-electron chi connectivity index (χ2n) is 6.46. The van der Waals surface area contributed by atoms with Gasteiger partial charge in [0.25, 0.3) is 0 Å². The van der Waals surface area contributed by atoms with E-state index in [-0.39, 0.29) is 11.9 Å². The Morgan fingerprint density at radius 1 is 1.27 bits per heavy atom. The minimum Gasteiger partial charge on any atom is -0.335 e. The summed E-state index contributed by atoms with van der Waals surface area (Å²) in [6.45, 7) is 7.09. The number of hydrogen-bond donors (Lipinski definition) is 0. The maximum atomic E-state index is 13.3. The van der Waals surface area contributed by atoms with Crippen molar-refractivity contribution in [3.8, 4) is 0 Å². The van der Waals surface area contributed by atoms with Crippen molar-refractivity contribution in [3.63, 3.8) is 0 Å². The molecule has 3 heteroatoms. The Morgan fingerprint density at radius 2 is 2.00 bits per heavy atom. The van der Waals surface area contributed by atoms with Crippen LogP contribution in [-0.2, 0) is 16.6 Å². The summed E-state index contributed by atoms with van der Waals surface area (Å²) in [5.41, 5.74) is 1.96. The zero-order valence-corrected chi connectivity index (χ0v) is 14.3. The Hall–Kier alpha value is -1.61. The maximum absolute atomic E-state index is 13.3. The Kier molecular flexibility index (Phi) is 4.09. The maximum Gasteiger partial charge on any atom is 0.233 e. The first-order valence-corrected chi connectivity index (χ1v) is 8.86. The van der Waals surface area contributed by atoms with E-state index in [1.165, 1.54) is 10.4 Å². The molecular weight excluding hydrogens is 290 g/mol. The van der Waals surface area contributed by atoms with Crippen LogP contribution in [0.3, 0.4) is 0 Å². The third-order valence-corrected chi connectivity index (χ3v) is 5.77. The molecular formula is C19H23NOS. The monoisotopic (exact) mass is 313 g/mol. The van der Waals surface area contributed by atoms with Crippen LogP contribution in [0.25, 0.3) is 0 Å². The molecule has 2 heterocycles. The van der Waals surface area contributed by atoms with Crippen LogP contribution in [-0.4, -0.2) is 17.4 Å². The Balaban J connectivity index is 1.92. The molecule has 2 aromatic rings. The second kappa shape index (κ2) is 5.88. The van der Waals surface area contributed by atoms with Gasteiger partial charge in [-0.3, -0.25) is 4.79 Å². The minimum absolute atomic E-state index is 0.227. The quantitative estimate of drug-likeness (QED) is 0.813. The van der Waals surface area contributed by atoms with E-state index in [2.05, 4.69) is 35.4 Å². The van der Waals surface area contributed by atoms with Crippen molar-refractivity contribution in [1.82, 2.24) is 4.90 Å². The van der Waals surface area contributed by atoms with E-state index < -0.39 is 5.41 Å². The summed E-state index contributed by atoms with van der Waals surface area (Å²) in [5, 5.41) is 2.16. The Labute approximate surface area is 136 Å². The summed E-state index contributed by atoms with van der Waals surface area (Å²) in [5.74, 6) is 0.238. The van der Waals surface area contributed by atoms with Crippen LogP contribution in [0, 0.1) is 0 Å². The van der Waals surface area contributed by atoms with E-state index in [1.54, 1.807) is 0 Å². The topological polar surface area (TPSA) is 20.3 Å². The smallest absolute Gasteiger partial charge is 0.233 e. The summed E-state index contributed by atoms with van der Waals surface area (Å²) in [4.78, 5) is 16.8. The van der Waals surface area contributed by atoms with Gasteiger partial charge in [-0.1, -0.05) is 37.3 Å². The Morgan fingerprint density at radius 3 is 2.68 bits per heavy atom. The highest BCUT2D eigenvalue weighted by Gasteiger charge is 2.38. The number of hydrogen-bond acceptors (Lipinski definition) is 2. The van der Waals surface area contributed by atoms with Crippen molar-refractivity contribution >= 4 is 17.2 Å². The van der Waals surface area contributed by atoms with Crippen LogP contribution in [0.4, 0.5) is 0 Å². The molecule has 0 saturated heterocycles. The molecule has 116 valence electrons. The van der Waals surface area contributed by atoms with E-state index in [0.29, 0.717) is 0 Å². The highest BCUT2D eigenvalue weighted by Crippen LogP contribution is 2.38. The first-order valence-electron chi connectivity index (χ1n) is 7.98. The van der Waals surface area contributed by atoms with E-state index in [1.807, 2.05) is 43.4 Å². The van der Waals surface area contributed by atoms with Gasteiger partial charge in [0.15, 0.2) is 0 Å². The van der Waals surface area contributed by atoms with Crippen molar-refractivity contribution < 1.29 is 4.79 Å². The fraction of sp³-hybridized carbons (Fsp3) is 0.421. The summed E-state index contributed by atoms with van der Waals surface area (Å²) in [7, 11) is 0. The van der Waals surface area contributed by atoms with Crippen LogP contribution in [0.1, 0.15) is 49.2 Å². The van der Waals surface area contributed by atoms with E-state index in [4.69, 9.17) is 0 Å². The summed E-state index contributed by atoms with van der Waals surface area (Å²) < 4.78 is 0. The van der Waals surface area contributed by atoms with Gasteiger partial charge in [0.1, 0.15) is 0 Å². The lowest BCUT2D eigenvalue weighted by Gasteiger charge is -2.40. The van der Waals surface area contributed by atoms with Gasteiger partial charge in [-0.25, -0.2) is 0 Å². The number of rotatable bonds is 3. The molecule has 22 heavy (non-hydrogen) atoms. The molecule has 1 aliphatic heterocycles. The van der Waals surface area contributed by atoms with Crippen LogP contribution < -0.4 is 0 Å². The van der Waals surface area contributed by atoms with Crippen molar-refractivity contribution in [2.45, 2.75) is 45.1 Å². The predicted molar refractivity (Wildman–Crippen MR) is 92.2 cm³/mol. The predicted octanol–water partition coefficient (Wildman–Crippen LogP) is 4.56. The number of nitrogens with zero attached hydrogens (tertiary/aromatic N) is 1. The summed E-state index contributed by atoms with van der Waals surface area (Å²) in [6, 6.07) is 12.5. The molecule has 0 aliphatic carbocycles. The molecule has 1 aromatic carbocycles. The Bertz CT molecular complexity index is 659. The van der Waals surface area contributed by atoms with Crippen LogP contribution in [0.15, 0.2) is 41.8 Å². The van der Waals surface area contributed by atoms with Gasteiger partial charge in [-0.05, 0) is 49.3 Å². The fourth-order valence-corrected chi connectivity index (χ4v) is 4.35. The van der Waals surface area contributed by atoms with Crippen molar-refractivity contribution in [2.24, 2.45) is 0 Å². The molecule has 1 aromatic heterocycles. The van der Waals surface area contributed by atoms with Gasteiger partial charge < -0.3 is 4.90 Å². The molecule has 0 N–H and O–H groups in total. The molecule has 2 nitrogen and oxygen atoms in total. The summed E-state index contributed by atoms with van der Waals surface area (Å²) in [6.07, 6.45) is 1.96. The van der Waals surface area contributed by atoms with Crippen LogP contribution >= 0.6 is 11.3 Å². The molecule has 0 saturated carbocycles. The van der Waals surface area contributed by atoms with Gasteiger partial charge in [0, 0.05) is 11.4 Å². The fourth-order valence-electron chi connectivity index (χ4n) is 3.42. The number of amides is 1. The average Bonchev–Trinajstić information content (AvgIpc) is 3.02. The van der Waals surface area contributed by atoms with Gasteiger partial charge in [-0.15, -0.1) is 11.3 Å². The molecule has 0 spiro atoms. The molecule has 3 rings (SSSR count). The highest BCUT2D eigenvalue weighted by atomic mass is 32.1. The summed E-state index contributed by atoms with van der Waals surface area (Å²) >= 11 is 1.82. The van der Waals surface area contributed by atoms with E-state index in [9.17, 15) is 4.79 Å². The van der Waals surface area contributed by atoms with Crippen molar-refractivity contribution in [3.05, 3.63) is 57.8 Å². The standard InChI is InChI=1S/C19H23NOS/c1-4-16-15-11-13-22-17(15)10-12-20(16)18(21)19(2,3)14-8-6-5-7-9-14/h5-9,11,13,16H,4,10,12H2,1-3H3. The van der Waals surface area contributed by atoms with Gasteiger partial charge >= 0.3 is 0 Å². The SMILES string of the molecule is CCC1c2ccsc2CCN1C(=O)C(C)(C)c1ccccc1. The third-order valence-electron chi connectivity index (χ3n) is 4.77. The number of carbonyl (C=O) groups is 1. The van der Waals surface area contributed by atoms with E-state index >= 15 is 0 Å². The van der Waals surface area contributed by atoms with Gasteiger partial charge in [-0.2, -0.15) is 0 Å². The zero-order valence-electron chi connectivity index (χ0n) is 13.5. The first-order chi connectivity index (χ1) is 10.6. The zero-order chi connectivity index (χ0) is 15.7. The van der Waals surface area contributed by atoms with Crippen molar-refractivity contribution in [2.75, 3.05) is 6.54 Å². The van der Waals surface area contributed by atoms with Crippen LogP contribution in [0.2, 0.25) is 0 Å². The van der Waals surface area contributed by atoms with Crippen LogP contribution in [0.5, 0.6) is 0 Å². The third kappa shape index (κ3) is 2.48. The molecule has 1 unspecified atom stereocenters. The highest BCUT2D eigenvalue weighted by molar-refractivity contribution is 7.10. The number of benzene rings is 1. The largest absolute Gasteiger partial charge is 0.335 e.